The van der Waals surface area contributed by atoms with Crippen molar-refractivity contribution >= 4 is 17.2 Å². The molecule has 19 heavy (non-hydrogen) atoms. The Bertz CT molecular complexity index is 622. The Balaban J connectivity index is 1.94. The smallest absolute Gasteiger partial charge is 0.263 e. The van der Waals surface area contributed by atoms with Crippen molar-refractivity contribution in [2.24, 2.45) is 0 Å². The minimum atomic E-state index is 0.0618. The van der Waals surface area contributed by atoms with E-state index in [0.717, 1.165) is 21.7 Å². The molecule has 0 saturated heterocycles. The largest absolute Gasteiger partial charge is 0.344 e. The fraction of sp³-hybridized carbons (Fsp3) is 0.429. The number of carbonyl (C=O) groups is 1. The molecule has 2 heterocycles. The van der Waals surface area contributed by atoms with Crippen LogP contribution in [0.2, 0.25) is 0 Å². The molecule has 5 heteroatoms. The van der Waals surface area contributed by atoms with E-state index < -0.39 is 0 Å². The standard InChI is InChI=1S/C14H17N3OS/c1-8-10(7-19-13(8)14(18)17(2)3)12-6-11(15-16-12)9-4-5-9/h6-7,9H,4-5H2,1-3H3,(H,15,16). The van der Waals surface area contributed by atoms with Crippen LogP contribution in [0.25, 0.3) is 11.3 Å². The van der Waals surface area contributed by atoms with Crippen molar-refractivity contribution in [3.8, 4) is 11.3 Å². The van der Waals surface area contributed by atoms with Crippen LogP contribution in [0.1, 0.15) is 39.7 Å². The molecule has 1 saturated carbocycles. The molecule has 0 radical (unpaired) electrons. The maximum absolute atomic E-state index is 12.0. The third kappa shape index (κ3) is 2.18. The van der Waals surface area contributed by atoms with Gasteiger partial charge in [0, 0.05) is 36.7 Å². The van der Waals surface area contributed by atoms with Gasteiger partial charge >= 0.3 is 0 Å². The Morgan fingerprint density at radius 2 is 2.21 bits per heavy atom. The van der Waals surface area contributed by atoms with Gasteiger partial charge in [0.05, 0.1) is 10.6 Å². The fourth-order valence-corrected chi connectivity index (χ4v) is 3.26. The van der Waals surface area contributed by atoms with Crippen molar-refractivity contribution in [2.75, 3.05) is 14.1 Å². The number of hydrogen-bond acceptors (Lipinski definition) is 3. The molecule has 0 aromatic carbocycles. The topological polar surface area (TPSA) is 49.0 Å². The van der Waals surface area contributed by atoms with E-state index in [-0.39, 0.29) is 5.91 Å². The summed E-state index contributed by atoms with van der Waals surface area (Å²) >= 11 is 1.50. The highest BCUT2D eigenvalue weighted by atomic mass is 32.1. The molecule has 1 fully saturated rings. The Kier molecular flexibility index (Phi) is 2.93. The Morgan fingerprint density at radius 3 is 2.84 bits per heavy atom. The van der Waals surface area contributed by atoms with E-state index in [1.165, 1.54) is 29.9 Å². The zero-order valence-corrected chi connectivity index (χ0v) is 12.2. The molecule has 0 aliphatic heterocycles. The van der Waals surface area contributed by atoms with Gasteiger partial charge < -0.3 is 4.90 Å². The number of thiophene rings is 1. The maximum Gasteiger partial charge on any atom is 0.263 e. The van der Waals surface area contributed by atoms with Gasteiger partial charge in [-0.25, -0.2) is 0 Å². The highest BCUT2D eigenvalue weighted by Gasteiger charge is 2.26. The number of H-pyrrole nitrogens is 1. The van der Waals surface area contributed by atoms with Gasteiger partial charge in [0.25, 0.3) is 5.91 Å². The van der Waals surface area contributed by atoms with Crippen molar-refractivity contribution in [3.63, 3.8) is 0 Å². The van der Waals surface area contributed by atoms with Gasteiger partial charge in [-0.3, -0.25) is 9.89 Å². The SMILES string of the molecule is Cc1c(-c2cc(C3CC3)[nH]n2)csc1C(=O)N(C)C. The first-order valence-electron chi connectivity index (χ1n) is 6.43. The molecule has 2 aromatic rings. The second kappa shape index (κ2) is 4.49. The van der Waals surface area contributed by atoms with Crippen molar-refractivity contribution < 1.29 is 4.79 Å². The van der Waals surface area contributed by atoms with Gasteiger partial charge in [0.2, 0.25) is 0 Å². The molecule has 1 N–H and O–H groups in total. The van der Waals surface area contributed by atoms with Gasteiger partial charge in [0.15, 0.2) is 0 Å². The first kappa shape index (κ1) is 12.4. The summed E-state index contributed by atoms with van der Waals surface area (Å²) in [6, 6.07) is 2.12. The van der Waals surface area contributed by atoms with Crippen molar-refractivity contribution in [1.29, 1.82) is 0 Å². The second-order valence-electron chi connectivity index (χ2n) is 5.29. The lowest BCUT2D eigenvalue weighted by Crippen LogP contribution is -2.21. The molecule has 1 amide bonds. The molecule has 4 nitrogen and oxygen atoms in total. The molecule has 1 aliphatic carbocycles. The summed E-state index contributed by atoms with van der Waals surface area (Å²) in [5.74, 6) is 0.731. The average molecular weight is 275 g/mol. The van der Waals surface area contributed by atoms with Crippen LogP contribution in [0, 0.1) is 6.92 Å². The molecular formula is C14H17N3OS. The summed E-state index contributed by atoms with van der Waals surface area (Å²) in [5, 5.41) is 9.52. The van der Waals surface area contributed by atoms with Crippen LogP contribution in [0.3, 0.4) is 0 Å². The highest BCUT2D eigenvalue weighted by molar-refractivity contribution is 7.12. The van der Waals surface area contributed by atoms with Gasteiger partial charge in [0.1, 0.15) is 0 Å². The third-order valence-corrected chi connectivity index (χ3v) is 4.60. The summed E-state index contributed by atoms with van der Waals surface area (Å²) < 4.78 is 0. The summed E-state index contributed by atoms with van der Waals surface area (Å²) in [4.78, 5) is 14.5. The number of aromatic nitrogens is 2. The summed E-state index contributed by atoms with van der Waals surface area (Å²) in [7, 11) is 3.56. The Hall–Kier alpha value is -1.62. The molecular weight excluding hydrogens is 258 g/mol. The van der Waals surface area contributed by atoms with E-state index >= 15 is 0 Å². The number of nitrogens with zero attached hydrogens (tertiary/aromatic N) is 2. The van der Waals surface area contributed by atoms with Crippen LogP contribution in [-0.4, -0.2) is 35.1 Å². The minimum Gasteiger partial charge on any atom is -0.344 e. The van der Waals surface area contributed by atoms with Gasteiger partial charge in [-0.2, -0.15) is 5.10 Å². The number of rotatable bonds is 3. The normalized spacial score (nSPS) is 14.7. The molecule has 3 rings (SSSR count). The zero-order valence-electron chi connectivity index (χ0n) is 11.4. The number of amides is 1. The van der Waals surface area contributed by atoms with Crippen LogP contribution in [0.4, 0.5) is 0 Å². The van der Waals surface area contributed by atoms with Crippen LogP contribution in [0.5, 0.6) is 0 Å². The predicted molar refractivity (Wildman–Crippen MR) is 76.6 cm³/mol. The lowest BCUT2D eigenvalue weighted by Gasteiger charge is -2.09. The average Bonchev–Trinajstić information content (AvgIpc) is 2.99. The summed E-state index contributed by atoms with van der Waals surface area (Å²) in [6.45, 7) is 1.99. The van der Waals surface area contributed by atoms with Crippen molar-refractivity contribution in [3.05, 3.63) is 27.6 Å². The first-order chi connectivity index (χ1) is 9.08. The van der Waals surface area contributed by atoms with Crippen LogP contribution in [0.15, 0.2) is 11.4 Å². The summed E-state index contributed by atoms with van der Waals surface area (Å²) in [6.07, 6.45) is 2.52. The molecule has 0 bridgehead atoms. The number of nitrogens with one attached hydrogen (secondary N) is 1. The molecule has 0 unspecified atom stereocenters. The first-order valence-corrected chi connectivity index (χ1v) is 7.31. The lowest BCUT2D eigenvalue weighted by atomic mass is 10.1. The quantitative estimate of drug-likeness (QED) is 0.936. The minimum absolute atomic E-state index is 0.0618. The Morgan fingerprint density at radius 1 is 1.47 bits per heavy atom. The number of carbonyl (C=O) groups excluding carboxylic acids is 1. The number of aromatic amines is 1. The molecule has 0 spiro atoms. The van der Waals surface area contributed by atoms with E-state index in [1.54, 1.807) is 19.0 Å². The van der Waals surface area contributed by atoms with E-state index in [4.69, 9.17) is 0 Å². The van der Waals surface area contributed by atoms with Crippen LogP contribution in [-0.2, 0) is 0 Å². The number of hydrogen-bond donors (Lipinski definition) is 1. The van der Waals surface area contributed by atoms with E-state index in [0.29, 0.717) is 5.92 Å². The van der Waals surface area contributed by atoms with Gasteiger partial charge in [-0.15, -0.1) is 11.3 Å². The highest BCUT2D eigenvalue weighted by Crippen LogP contribution is 2.40. The molecule has 1 aliphatic rings. The van der Waals surface area contributed by atoms with Crippen molar-refractivity contribution in [1.82, 2.24) is 15.1 Å². The van der Waals surface area contributed by atoms with E-state index in [2.05, 4.69) is 16.3 Å². The van der Waals surface area contributed by atoms with Crippen molar-refractivity contribution in [2.45, 2.75) is 25.7 Å². The van der Waals surface area contributed by atoms with Crippen LogP contribution < -0.4 is 0 Å². The van der Waals surface area contributed by atoms with Gasteiger partial charge in [-0.05, 0) is 31.4 Å². The van der Waals surface area contributed by atoms with E-state index in [1.807, 2.05) is 12.3 Å². The second-order valence-corrected chi connectivity index (χ2v) is 6.17. The maximum atomic E-state index is 12.0. The lowest BCUT2D eigenvalue weighted by molar-refractivity contribution is 0.0831. The van der Waals surface area contributed by atoms with Crippen LogP contribution >= 0.6 is 11.3 Å². The monoisotopic (exact) mass is 275 g/mol. The molecule has 0 atom stereocenters. The van der Waals surface area contributed by atoms with E-state index in [9.17, 15) is 4.79 Å². The third-order valence-electron chi connectivity index (χ3n) is 3.53. The summed E-state index contributed by atoms with van der Waals surface area (Å²) in [5.41, 5.74) is 4.27. The fourth-order valence-electron chi connectivity index (χ4n) is 2.16. The van der Waals surface area contributed by atoms with Gasteiger partial charge in [-0.1, -0.05) is 0 Å². The molecule has 2 aromatic heterocycles. The predicted octanol–water partition coefficient (Wildman–Crippen LogP) is 3.03. The zero-order chi connectivity index (χ0) is 13.6. The Labute approximate surface area is 116 Å². The molecule has 100 valence electrons.